The first-order valence-electron chi connectivity index (χ1n) is 6.25. The lowest BCUT2D eigenvalue weighted by Crippen LogP contribution is -2.10. The second-order valence-corrected chi connectivity index (χ2v) is 5.67. The molecule has 1 fully saturated rings. The molecule has 1 aliphatic rings. The van der Waals surface area contributed by atoms with Gasteiger partial charge in [-0.25, -0.2) is 4.98 Å². The average Bonchev–Trinajstić information content (AvgIpc) is 3.00. The smallest absolute Gasteiger partial charge is 0.0994 e. The summed E-state index contributed by atoms with van der Waals surface area (Å²) in [5.74, 6) is 0.576. The standard InChI is InChI=1S/C14H16BrN3/c1-10-2-3-12(6-13(10)15)18-9-17-8-14(18)11-4-5-16-7-11/h2-3,6,8-9,11,16H,4-5,7H2,1H3. The van der Waals surface area contributed by atoms with E-state index in [2.05, 4.69) is 55.9 Å². The highest BCUT2D eigenvalue weighted by Crippen LogP contribution is 2.26. The predicted octanol–water partition coefficient (Wildman–Crippen LogP) is 3.02. The fourth-order valence-electron chi connectivity index (χ4n) is 2.46. The van der Waals surface area contributed by atoms with Gasteiger partial charge in [0.25, 0.3) is 0 Å². The molecule has 1 saturated heterocycles. The summed E-state index contributed by atoms with van der Waals surface area (Å²) in [4.78, 5) is 4.32. The van der Waals surface area contributed by atoms with Gasteiger partial charge in [0.05, 0.1) is 6.33 Å². The van der Waals surface area contributed by atoms with E-state index in [0.29, 0.717) is 5.92 Å². The van der Waals surface area contributed by atoms with Gasteiger partial charge in [-0.05, 0) is 37.6 Å². The van der Waals surface area contributed by atoms with E-state index in [1.807, 2.05) is 12.5 Å². The van der Waals surface area contributed by atoms with Crippen molar-refractivity contribution in [3.05, 3.63) is 46.5 Å². The van der Waals surface area contributed by atoms with Crippen molar-refractivity contribution in [1.29, 1.82) is 0 Å². The second-order valence-electron chi connectivity index (χ2n) is 4.81. The van der Waals surface area contributed by atoms with Crippen LogP contribution in [0.15, 0.2) is 35.2 Å². The maximum Gasteiger partial charge on any atom is 0.0994 e. The molecule has 1 aromatic heterocycles. The molecular formula is C14H16BrN3. The number of aromatic nitrogens is 2. The fraction of sp³-hybridized carbons (Fsp3) is 0.357. The molecule has 3 rings (SSSR count). The number of benzene rings is 1. The van der Waals surface area contributed by atoms with E-state index in [1.54, 1.807) is 0 Å². The number of imidazole rings is 1. The molecule has 4 heteroatoms. The van der Waals surface area contributed by atoms with E-state index in [-0.39, 0.29) is 0 Å². The van der Waals surface area contributed by atoms with Crippen LogP contribution < -0.4 is 5.32 Å². The summed E-state index contributed by atoms with van der Waals surface area (Å²) in [5.41, 5.74) is 3.73. The number of aryl methyl sites for hydroxylation is 1. The Kier molecular flexibility index (Phi) is 3.22. The first kappa shape index (κ1) is 11.9. The summed E-state index contributed by atoms with van der Waals surface area (Å²) >= 11 is 3.59. The molecule has 2 aromatic rings. The minimum atomic E-state index is 0.576. The van der Waals surface area contributed by atoms with Crippen LogP contribution in [0.1, 0.15) is 23.6 Å². The Morgan fingerprint density at radius 2 is 2.33 bits per heavy atom. The van der Waals surface area contributed by atoms with Crippen molar-refractivity contribution in [2.45, 2.75) is 19.3 Å². The first-order chi connectivity index (χ1) is 8.75. The van der Waals surface area contributed by atoms with Crippen LogP contribution in [-0.4, -0.2) is 22.6 Å². The Morgan fingerprint density at radius 1 is 1.44 bits per heavy atom. The van der Waals surface area contributed by atoms with E-state index in [1.165, 1.54) is 23.4 Å². The number of hydrogen-bond donors (Lipinski definition) is 1. The minimum absolute atomic E-state index is 0.576. The number of halogens is 1. The Bertz CT molecular complexity index is 556. The molecule has 0 radical (unpaired) electrons. The lowest BCUT2D eigenvalue weighted by molar-refractivity contribution is 0.713. The Balaban J connectivity index is 2.00. The van der Waals surface area contributed by atoms with E-state index in [0.717, 1.165) is 17.6 Å². The Morgan fingerprint density at radius 3 is 3.06 bits per heavy atom. The van der Waals surface area contributed by atoms with E-state index in [9.17, 15) is 0 Å². The molecule has 1 unspecified atom stereocenters. The summed E-state index contributed by atoms with van der Waals surface area (Å²) in [7, 11) is 0. The predicted molar refractivity (Wildman–Crippen MR) is 76.2 cm³/mol. The summed E-state index contributed by atoms with van der Waals surface area (Å²) in [6.45, 7) is 4.26. The van der Waals surface area contributed by atoms with Crippen molar-refractivity contribution in [3.8, 4) is 5.69 Å². The molecule has 1 aliphatic heterocycles. The molecule has 1 atom stereocenters. The van der Waals surface area contributed by atoms with Gasteiger partial charge in [0.15, 0.2) is 0 Å². The Hall–Kier alpha value is -1.13. The summed E-state index contributed by atoms with van der Waals surface area (Å²) in [5, 5.41) is 3.41. The zero-order valence-electron chi connectivity index (χ0n) is 10.4. The van der Waals surface area contributed by atoms with Gasteiger partial charge < -0.3 is 9.88 Å². The third kappa shape index (κ3) is 2.10. The van der Waals surface area contributed by atoms with Crippen molar-refractivity contribution in [2.24, 2.45) is 0 Å². The SMILES string of the molecule is Cc1ccc(-n2cncc2C2CCNC2)cc1Br. The number of rotatable bonds is 2. The summed E-state index contributed by atoms with van der Waals surface area (Å²) < 4.78 is 3.34. The quantitative estimate of drug-likeness (QED) is 0.924. The maximum atomic E-state index is 4.32. The monoisotopic (exact) mass is 305 g/mol. The van der Waals surface area contributed by atoms with E-state index in [4.69, 9.17) is 0 Å². The number of nitrogens with zero attached hydrogens (tertiary/aromatic N) is 2. The van der Waals surface area contributed by atoms with Crippen LogP contribution in [-0.2, 0) is 0 Å². The molecule has 18 heavy (non-hydrogen) atoms. The molecular weight excluding hydrogens is 290 g/mol. The van der Waals surface area contributed by atoms with Crippen LogP contribution in [0.3, 0.4) is 0 Å². The lowest BCUT2D eigenvalue weighted by atomic mass is 10.1. The molecule has 1 aromatic carbocycles. The van der Waals surface area contributed by atoms with E-state index < -0.39 is 0 Å². The van der Waals surface area contributed by atoms with Gasteiger partial charge in [0, 0.05) is 34.5 Å². The number of hydrogen-bond acceptors (Lipinski definition) is 2. The van der Waals surface area contributed by atoms with Gasteiger partial charge in [-0.15, -0.1) is 0 Å². The maximum absolute atomic E-state index is 4.32. The molecule has 0 saturated carbocycles. The molecule has 0 bridgehead atoms. The molecule has 0 spiro atoms. The topological polar surface area (TPSA) is 29.9 Å². The summed E-state index contributed by atoms with van der Waals surface area (Å²) in [6, 6.07) is 6.44. The van der Waals surface area contributed by atoms with E-state index >= 15 is 0 Å². The van der Waals surface area contributed by atoms with Crippen LogP contribution >= 0.6 is 15.9 Å². The third-order valence-corrected chi connectivity index (χ3v) is 4.43. The highest BCUT2D eigenvalue weighted by atomic mass is 79.9. The molecule has 0 aliphatic carbocycles. The zero-order valence-corrected chi connectivity index (χ0v) is 11.9. The summed E-state index contributed by atoms with van der Waals surface area (Å²) in [6.07, 6.45) is 5.09. The third-order valence-electron chi connectivity index (χ3n) is 3.58. The van der Waals surface area contributed by atoms with Crippen molar-refractivity contribution in [1.82, 2.24) is 14.9 Å². The van der Waals surface area contributed by atoms with Gasteiger partial charge in [-0.3, -0.25) is 0 Å². The molecule has 2 heterocycles. The lowest BCUT2D eigenvalue weighted by Gasteiger charge is -2.13. The van der Waals surface area contributed by atoms with Crippen LogP contribution in [0.2, 0.25) is 0 Å². The van der Waals surface area contributed by atoms with Gasteiger partial charge in [0.2, 0.25) is 0 Å². The molecule has 3 nitrogen and oxygen atoms in total. The van der Waals surface area contributed by atoms with Crippen LogP contribution in [0, 0.1) is 6.92 Å². The van der Waals surface area contributed by atoms with Crippen LogP contribution in [0.4, 0.5) is 0 Å². The normalized spacial score (nSPS) is 19.3. The van der Waals surface area contributed by atoms with Crippen molar-refractivity contribution in [3.63, 3.8) is 0 Å². The van der Waals surface area contributed by atoms with Crippen LogP contribution in [0.25, 0.3) is 5.69 Å². The largest absolute Gasteiger partial charge is 0.316 e. The first-order valence-corrected chi connectivity index (χ1v) is 7.04. The van der Waals surface area contributed by atoms with Crippen molar-refractivity contribution >= 4 is 15.9 Å². The molecule has 1 N–H and O–H groups in total. The molecule has 94 valence electrons. The Labute approximate surface area is 115 Å². The van der Waals surface area contributed by atoms with Gasteiger partial charge >= 0.3 is 0 Å². The highest BCUT2D eigenvalue weighted by molar-refractivity contribution is 9.10. The zero-order chi connectivity index (χ0) is 12.5. The highest BCUT2D eigenvalue weighted by Gasteiger charge is 2.20. The van der Waals surface area contributed by atoms with Gasteiger partial charge in [0.1, 0.15) is 0 Å². The minimum Gasteiger partial charge on any atom is -0.316 e. The number of nitrogens with one attached hydrogen (secondary N) is 1. The van der Waals surface area contributed by atoms with Crippen molar-refractivity contribution < 1.29 is 0 Å². The molecule has 0 amide bonds. The van der Waals surface area contributed by atoms with Crippen molar-refractivity contribution in [2.75, 3.05) is 13.1 Å². The average molecular weight is 306 g/mol. The second kappa shape index (κ2) is 4.86. The van der Waals surface area contributed by atoms with Crippen LogP contribution in [0.5, 0.6) is 0 Å². The van der Waals surface area contributed by atoms with Gasteiger partial charge in [-0.1, -0.05) is 22.0 Å². The van der Waals surface area contributed by atoms with Gasteiger partial charge in [-0.2, -0.15) is 0 Å². The fourth-order valence-corrected chi connectivity index (χ4v) is 2.83.